The van der Waals surface area contributed by atoms with E-state index in [4.69, 9.17) is 4.55 Å². The Balaban J connectivity index is 0.000000283. The molecule has 4 heterocycles. The molecule has 0 spiro atoms. The molecule has 5 aromatic rings. The molecule has 0 atom stereocenters. The Labute approximate surface area is 244 Å². The van der Waals surface area contributed by atoms with E-state index >= 15 is 0 Å². The van der Waals surface area contributed by atoms with Crippen LogP contribution in [0, 0.1) is 12.7 Å². The minimum absolute atomic E-state index is 0.0666. The van der Waals surface area contributed by atoms with Crippen LogP contribution in [0.25, 0.3) is 22.3 Å². The fourth-order valence-corrected chi connectivity index (χ4v) is 5.44. The van der Waals surface area contributed by atoms with Crippen LogP contribution in [0.4, 0.5) is 23.4 Å². The fraction of sp³-hybridized carbons (Fsp3) is 0.286. The number of aromatic amines is 1. The highest BCUT2D eigenvalue weighted by Gasteiger charge is 2.34. The van der Waals surface area contributed by atoms with Gasteiger partial charge in [0.05, 0.1) is 27.7 Å². The van der Waals surface area contributed by atoms with Gasteiger partial charge in [-0.25, -0.2) is 19.3 Å². The van der Waals surface area contributed by atoms with E-state index in [1.54, 1.807) is 24.5 Å². The van der Waals surface area contributed by atoms with Crippen molar-refractivity contribution in [3.05, 3.63) is 84.0 Å². The standard InChI is InChI=1S/C21H19F4N7.C7H8O3S/c1-31-10-17(13-2-3-16(22)15(8-13)21(23,24)25)29-19(31)12-4-6-32(7-5-12)20-14-9-28-30-18(14)26-11-27-20;1-6-2-4-7(5-3-6)11(8,9)10/h2-3,8-12H,4-7H2,1H3,(H,26,27,28,30);2-5H,1H3,(H,8,9,10). The van der Waals surface area contributed by atoms with E-state index in [1.165, 1.54) is 24.5 Å². The summed E-state index contributed by atoms with van der Waals surface area (Å²) in [5, 5.41) is 7.73. The summed E-state index contributed by atoms with van der Waals surface area (Å²) < 4.78 is 84.3. The normalized spacial score (nSPS) is 14.5. The Morgan fingerprint density at radius 2 is 1.74 bits per heavy atom. The minimum Gasteiger partial charge on any atom is -0.356 e. The number of nitrogens with zero attached hydrogens (tertiary/aromatic N) is 6. The first-order valence-corrected chi connectivity index (χ1v) is 14.6. The lowest BCUT2D eigenvalue weighted by Gasteiger charge is -2.32. The number of alkyl halides is 3. The largest absolute Gasteiger partial charge is 0.419 e. The lowest BCUT2D eigenvalue weighted by molar-refractivity contribution is -0.139. The fourth-order valence-electron chi connectivity index (χ4n) is 4.96. The van der Waals surface area contributed by atoms with Crippen molar-refractivity contribution in [3.63, 3.8) is 0 Å². The molecule has 0 radical (unpaired) electrons. The summed E-state index contributed by atoms with van der Waals surface area (Å²) in [6.45, 7) is 3.34. The van der Waals surface area contributed by atoms with Gasteiger partial charge in [-0.3, -0.25) is 9.65 Å². The van der Waals surface area contributed by atoms with Crippen molar-refractivity contribution in [1.29, 1.82) is 0 Å². The maximum Gasteiger partial charge on any atom is 0.419 e. The van der Waals surface area contributed by atoms with Crippen LogP contribution < -0.4 is 4.90 Å². The summed E-state index contributed by atoms with van der Waals surface area (Å²) in [5.41, 5.74) is 0.986. The quantitative estimate of drug-likeness (QED) is 0.199. The van der Waals surface area contributed by atoms with Gasteiger partial charge in [0.15, 0.2) is 5.65 Å². The number of aryl methyl sites for hydroxylation is 2. The van der Waals surface area contributed by atoms with E-state index in [0.717, 1.165) is 60.7 Å². The molecule has 226 valence electrons. The molecule has 1 saturated heterocycles. The van der Waals surface area contributed by atoms with E-state index in [-0.39, 0.29) is 16.4 Å². The van der Waals surface area contributed by atoms with Crippen LogP contribution in [-0.4, -0.2) is 55.8 Å². The number of nitrogens with one attached hydrogen (secondary N) is 1. The molecule has 0 saturated carbocycles. The highest BCUT2D eigenvalue weighted by atomic mass is 32.2. The zero-order valence-electron chi connectivity index (χ0n) is 23.0. The number of hydrogen-bond donors (Lipinski definition) is 2. The molecule has 1 aliphatic heterocycles. The number of halogens is 4. The van der Waals surface area contributed by atoms with E-state index in [9.17, 15) is 26.0 Å². The topological polar surface area (TPSA) is 130 Å². The molecule has 0 amide bonds. The van der Waals surface area contributed by atoms with Gasteiger partial charge < -0.3 is 9.47 Å². The molecule has 3 aromatic heterocycles. The van der Waals surface area contributed by atoms with Gasteiger partial charge in [-0.1, -0.05) is 17.7 Å². The zero-order chi connectivity index (χ0) is 30.9. The molecule has 0 unspecified atom stereocenters. The second-order valence-electron chi connectivity index (χ2n) is 10.2. The van der Waals surface area contributed by atoms with E-state index in [2.05, 4.69) is 30.0 Å². The Kier molecular flexibility index (Phi) is 8.21. The molecule has 2 N–H and O–H groups in total. The molecular formula is C28H27F4N7O3S. The number of H-pyrrole nitrogens is 1. The molecule has 0 aliphatic carbocycles. The third-order valence-corrected chi connectivity index (χ3v) is 8.05. The summed E-state index contributed by atoms with van der Waals surface area (Å²) in [6, 6.07) is 8.96. The van der Waals surface area contributed by atoms with Gasteiger partial charge in [0.1, 0.15) is 23.8 Å². The van der Waals surface area contributed by atoms with Gasteiger partial charge in [-0.05, 0) is 50.1 Å². The monoisotopic (exact) mass is 617 g/mol. The second kappa shape index (κ2) is 11.7. The molecule has 10 nitrogen and oxygen atoms in total. The van der Waals surface area contributed by atoms with Crippen LogP contribution in [0.2, 0.25) is 0 Å². The summed E-state index contributed by atoms with van der Waals surface area (Å²) in [4.78, 5) is 15.3. The predicted molar refractivity (Wildman–Crippen MR) is 150 cm³/mol. The average molecular weight is 618 g/mol. The van der Waals surface area contributed by atoms with Crippen LogP contribution in [0.5, 0.6) is 0 Å². The number of rotatable bonds is 4. The maximum absolute atomic E-state index is 13.6. The van der Waals surface area contributed by atoms with Gasteiger partial charge in [-0.15, -0.1) is 0 Å². The predicted octanol–water partition coefficient (Wildman–Crippen LogP) is 5.54. The Morgan fingerprint density at radius 3 is 2.40 bits per heavy atom. The molecule has 43 heavy (non-hydrogen) atoms. The average Bonchev–Trinajstić information content (AvgIpc) is 3.60. The van der Waals surface area contributed by atoms with Gasteiger partial charge in [-0.2, -0.15) is 26.7 Å². The smallest absolute Gasteiger partial charge is 0.356 e. The van der Waals surface area contributed by atoms with Gasteiger partial charge in [0.25, 0.3) is 10.1 Å². The van der Waals surface area contributed by atoms with Crippen LogP contribution in [0.1, 0.15) is 35.7 Å². The summed E-state index contributed by atoms with van der Waals surface area (Å²) in [6.07, 6.45) is 1.76. The number of imidazole rings is 1. The number of fused-ring (bicyclic) bond motifs is 1. The number of aromatic nitrogens is 6. The Bertz CT molecular complexity index is 1850. The summed E-state index contributed by atoms with van der Waals surface area (Å²) in [5.74, 6) is 0.484. The number of anilines is 1. The first kappa shape index (κ1) is 30.1. The van der Waals surface area contributed by atoms with Gasteiger partial charge in [0.2, 0.25) is 0 Å². The van der Waals surface area contributed by atoms with Crippen LogP contribution in [-0.2, 0) is 23.3 Å². The van der Waals surface area contributed by atoms with Crippen LogP contribution in [0.3, 0.4) is 0 Å². The number of hydrogen-bond acceptors (Lipinski definition) is 7. The Morgan fingerprint density at radius 1 is 1.05 bits per heavy atom. The van der Waals surface area contributed by atoms with Crippen LogP contribution in [0.15, 0.2) is 66.1 Å². The van der Waals surface area contributed by atoms with Crippen molar-refractivity contribution in [2.24, 2.45) is 7.05 Å². The van der Waals surface area contributed by atoms with Gasteiger partial charge >= 0.3 is 6.18 Å². The van der Waals surface area contributed by atoms with Crippen molar-refractivity contribution < 1.29 is 30.5 Å². The molecule has 1 fully saturated rings. The number of piperidine rings is 1. The van der Waals surface area contributed by atoms with Crippen molar-refractivity contribution in [2.45, 2.75) is 36.8 Å². The van der Waals surface area contributed by atoms with E-state index in [1.807, 2.05) is 18.5 Å². The SMILES string of the molecule is Cc1ccc(S(=O)(=O)O)cc1.Cn1cc(-c2ccc(F)c(C(F)(F)F)c2)nc1C1CCN(c2ncnc3[nH]ncc23)CC1. The lowest BCUT2D eigenvalue weighted by Crippen LogP contribution is -2.34. The Hall–Kier alpha value is -4.37. The summed E-state index contributed by atoms with van der Waals surface area (Å²) >= 11 is 0. The molecule has 0 bridgehead atoms. The molecular weight excluding hydrogens is 590 g/mol. The molecule has 15 heteroatoms. The van der Waals surface area contributed by atoms with Crippen molar-refractivity contribution in [3.8, 4) is 11.3 Å². The van der Waals surface area contributed by atoms with Crippen molar-refractivity contribution in [1.82, 2.24) is 29.7 Å². The third kappa shape index (κ3) is 6.67. The van der Waals surface area contributed by atoms with E-state index < -0.39 is 27.7 Å². The zero-order valence-corrected chi connectivity index (χ0v) is 23.9. The molecule has 2 aromatic carbocycles. The number of benzene rings is 2. The summed E-state index contributed by atoms with van der Waals surface area (Å²) in [7, 11) is -2.19. The second-order valence-corrected chi connectivity index (χ2v) is 11.6. The lowest BCUT2D eigenvalue weighted by atomic mass is 9.96. The highest BCUT2D eigenvalue weighted by Crippen LogP contribution is 2.36. The van der Waals surface area contributed by atoms with E-state index in [0.29, 0.717) is 11.3 Å². The van der Waals surface area contributed by atoms with Crippen molar-refractivity contribution in [2.75, 3.05) is 18.0 Å². The van der Waals surface area contributed by atoms with Gasteiger partial charge in [0, 0.05) is 37.8 Å². The first-order chi connectivity index (χ1) is 20.3. The third-order valence-electron chi connectivity index (χ3n) is 7.19. The molecule has 6 rings (SSSR count). The van der Waals surface area contributed by atoms with Crippen molar-refractivity contribution >= 4 is 27.0 Å². The highest BCUT2D eigenvalue weighted by molar-refractivity contribution is 7.85. The molecule has 1 aliphatic rings. The minimum atomic E-state index is -4.76. The maximum atomic E-state index is 13.6. The first-order valence-electron chi connectivity index (χ1n) is 13.1. The van der Waals surface area contributed by atoms with Crippen LogP contribution >= 0.6 is 0 Å².